The van der Waals surface area contributed by atoms with Gasteiger partial charge in [-0.1, -0.05) is 11.6 Å². The zero-order chi connectivity index (χ0) is 22.4. The van der Waals surface area contributed by atoms with Crippen LogP contribution >= 0.6 is 19.4 Å². The van der Waals surface area contributed by atoms with Gasteiger partial charge in [-0.05, 0) is 38.1 Å². The first-order valence-electron chi connectivity index (χ1n) is 7.91. The molecule has 0 aliphatic carbocycles. The van der Waals surface area contributed by atoms with Gasteiger partial charge in [0.1, 0.15) is 5.75 Å². The van der Waals surface area contributed by atoms with E-state index in [2.05, 4.69) is 4.98 Å². The third-order valence-corrected chi connectivity index (χ3v) is 3.03. The molecule has 0 amide bonds. The molecule has 13 heteroatoms. The number of ether oxygens (including phenoxy) is 3. The number of halogens is 7. The van der Waals surface area contributed by atoms with E-state index in [-0.39, 0.29) is 5.69 Å². The molecule has 2 rings (SSSR count). The Kier molecular flexibility index (Phi) is 7.22. The van der Waals surface area contributed by atoms with Gasteiger partial charge in [-0.25, -0.2) is 0 Å². The molecule has 5 nitrogen and oxygen atoms in total. The topological polar surface area (TPSA) is 55.8 Å². The molecule has 0 saturated carbocycles. The summed E-state index contributed by atoms with van der Waals surface area (Å²) in [6.07, 6.45) is 0. The second-order valence-corrected chi connectivity index (χ2v) is 7.60. The van der Waals surface area contributed by atoms with Crippen molar-refractivity contribution < 1.29 is 39.4 Å². The molecule has 162 valence electrons. The van der Waals surface area contributed by atoms with E-state index in [1.54, 1.807) is 36.4 Å². The molecule has 0 atom stereocenters. The third kappa shape index (κ3) is 11.2. The van der Waals surface area contributed by atoms with Crippen LogP contribution in [0.15, 0.2) is 36.4 Å². The molecule has 0 bridgehead atoms. The summed E-state index contributed by atoms with van der Waals surface area (Å²) in [6, 6.07) is 10.2. The Morgan fingerprint density at radius 1 is 0.862 bits per heavy atom. The molecule has 0 fully saturated rings. The molecule has 0 heterocycles. The number of rotatable bonds is 6. The summed E-state index contributed by atoms with van der Waals surface area (Å²) in [5, 5.41) is 9.71. The van der Waals surface area contributed by atoms with Gasteiger partial charge >= 0.3 is 38.7 Å². The van der Waals surface area contributed by atoms with Gasteiger partial charge < -0.3 is 14.2 Å². The Morgan fingerprint density at radius 3 is 1.79 bits per heavy atom. The molecule has 0 spiro atoms. The Balaban J connectivity index is 0.000000516. The van der Waals surface area contributed by atoms with E-state index in [0.717, 1.165) is 0 Å². The SMILES string of the molecule is CCOc1cc(Oc2ccc(Cl)cc2)c(OCC)cc1[N+]#N.F[P-](F)(F)(F)(F)F. The van der Waals surface area contributed by atoms with Crippen molar-refractivity contribution in [3.8, 4) is 23.0 Å². The van der Waals surface area contributed by atoms with E-state index in [1.165, 1.54) is 0 Å². The van der Waals surface area contributed by atoms with Gasteiger partial charge in [-0.3, -0.25) is 0 Å². The van der Waals surface area contributed by atoms with E-state index in [4.69, 9.17) is 31.2 Å². The normalized spacial score (nSPS) is 13.1. The fraction of sp³-hybridized carbons (Fsp3) is 0.250. The number of hydrogen-bond donors (Lipinski definition) is 0. The number of benzene rings is 2. The van der Waals surface area contributed by atoms with Gasteiger partial charge in [0.15, 0.2) is 16.5 Å². The van der Waals surface area contributed by atoms with Crippen molar-refractivity contribution in [1.29, 1.82) is 5.39 Å². The molecule has 0 radical (unpaired) electrons. The fourth-order valence-electron chi connectivity index (χ4n) is 1.86. The van der Waals surface area contributed by atoms with Crippen molar-refractivity contribution in [1.82, 2.24) is 0 Å². The van der Waals surface area contributed by atoms with Crippen LogP contribution in [0, 0.1) is 5.39 Å². The van der Waals surface area contributed by atoms with Crippen molar-refractivity contribution in [3.05, 3.63) is 46.4 Å². The van der Waals surface area contributed by atoms with E-state index < -0.39 is 7.81 Å². The van der Waals surface area contributed by atoms with Crippen LogP contribution in [-0.2, 0) is 0 Å². The molecule has 2 aromatic rings. The van der Waals surface area contributed by atoms with Crippen molar-refractivity contribution in [2.75, 3.05) is 13.2 Å². The Hall–Kier alpha value is -2.44. The first kappa shape index (κ1) is 24.6. The molecule has 0 aliphatic heterocycles. The molecule has 0 N–H and O–H groups in total. The molecule has 0 saturated heterocycles. The molecule has 0 aromatic heterocycles. The van der Waals surface area contributed by atoms with Crippen molar-refractivity contribution >= 4 is 25.1 Å². The predicted molar refractivity (Wildman–Crippen MR) is 98.6 cm³/mol. The van der Waals surface area contributed by atoms with E-state index in [0.29, 0.717) is 41.2 Å². The van der Waals surface area contributed by atoms with E-state index in [9.17, 15) is 25.2 Å². The second-order valence-electron chi connectivity index (χ2n) is 5.25. The summed E-state index contributed by atoms with van der Waals surface area (Å²) >= 11 is 5.86. The molecule has 0 unspecified atom stereocenters. The van der Waals surface area contributed by atoms with E-state index >= 15 is 0 Å². The van der Waals surface area contributed by atoms with Crippen LogP contribution in [0.5, 0.6) is 23.0 Å². The molecule has 0 aliphatic rings. The van der Waals surface area contributed by atoms with Gasteiger partial charge in [0.25, 0.3) is 0 Å². The summed E-state index contributed by atoms with van der Waals surface area (Å²) in [7, 11) is -10.7. The quantitative estimate of drug-likeness (QED) is 0.243. The first-order chi connectivity index (χ1) is 13.1. The van der Waals surface area contributed by atoms with Gasteiger partial charge in [-0.2, -0.15) is 0 Å². The first-order valence-corrected chi connectivity index (χ1v) is 10.3. The Bertz CT molecular complexity index is 876. The average molecular weight is 465 g/mol. The summed E-state index contributed by atoms with van der Waals surface area (Å²) in [5.74, 6) is 1.97. The van der Waals surface area contributed by atoms with Crippen LogP contribution in [0.3, 0.4) is 0 Å². The number of hydrogen-bond acceptors (Lipinski definition) is 4. The Morgan fingerprint density at radius 2 is 1.34 bits per heavy atom. The molecular formula is C16H16ClF6N2O3P. The minimum atomic E-state index is -10.7. The maximum absolute atomic E-state index is 10.7. The fourth-order valence-corrected chi connectivity index (χ4v) is 1.98. The number of diazo groups is 1. The van der Waals surface area contributed by atoms with Gasteiger partial charge in [0, 0.05) is 11.1 Å². The van der Waals surface area contributed by atoms with Crippen molar-refractivity contribution in [2.45, 2.75) is 13.8 Å². The average Bonchev–Trinajstić information content (AvgIpc) is 2.56. The Labute approximate surface area is 167 Å². The summed E-state index contributed by atoms with van der Waals surface area (Å²) < 4.78 is 76.0. The summed E-state index contributed by atoms with van der Waals surface area (Å²) in [5.41, 5.74) is 0.286. The zero-order valence-corrected chi connectivity index (χ0v) is 16.7. The molecular weight excluding hydrogens is 449 g/mol. The third-order valence-electron chi connectivity index (χ3n) is 2.77. The maximum atomic E-state index is 9.87. The summed E-state index contributed by atoms with van der Waals surface area (Å²) in [6.45, 7) is 4.60. The van der Waals surface area contributed by atoms with Crippen LogP contribution in [0.4, 0.5) is 30.9 Å². The predicted octanol–water partition coefficient (Wildman–Crippen LogP) is 8.80. The van der Waals surface area contributed by atoms with Crippen molar-refractivity contribution in [3.63, 3.8) is 0 Å². The second kappa shape index (κ2) is 8.51. The van der Waals surface area contributed by atoms with Crippen LogP contribution < -0.4 is 14.2 Å². The molecule has 29 heavy (non-hydrogen) atoms. The van der Waals surface area contributed by atoms with Gasteiger partial charge in [-0.15, -0.1) is 0 Å². The number of nitrogens with zero attached hydrogens (tertiary/aromatic N) is 2. The van der Waals surface area contributed by atoms with Crippen LogP contribution in [-0.4, -0.2) is 13.2 Å². The molecule has 2 aromatic carbocycles. The standard InChI is InChI=1S/C16H16ClN2O3.F6P/c1-3-20-14-10-16(15(21-4-2)9-13(14)19-18)22-12-7-5-11(17)6-8-12;1-7(2,3,4,5)6/h5-10H,3-4H2,1-2H3;/q+1;-1. The van der Waals surface area contributed by atoms with Crippen LogP contribution in [0.25, 0.3) is 4.98 Å². The van der Waals surface area contributed by atoms with E-state index in [1.807, 2.05) is 13.8 Å². The van der Waals surface area contributed by atoms with Crippen LogP contribution in [0.1, 0.15) is 13.8 Å². The van der Waals surface area contributed by atoms with Crippen molar-refractivity contribution in [2.24, 2.45) is 0 Å². The van der Waals surface area contributed by atoms with Gasteiger partial charge in [0.2, 0.25) is 11.1 Å². The minimum absolute atomic E-state index is 0.286. The zero-order valence-electron chi connectivity index (χ0n) is 15.1. The summed E-state index contributed by atoms with van der Waals surface area (Å²) in [4.78, 5) is 3.21. The van der Waals surface area contributed by atoms with Crippen LogP contribution in [0.2, 0.25) is 5.02 Å². The monoisotopic (exact) mass is 464 g/mol. The van der Waals surface area contributed by atoms with Gasteiger partial charge in [0.05, 0.1) is 19.3 Å².